The first-order valence-electron chi connectivity index (χ1n) is 5.64. The van der Waals surface area contributed by atoms with Gasteiger partial charge in [-0.2, -0.15) is 0 Å². The van der Waals surface area contributed by atoms with Crippen LogP contribution in [0.5, 0.6) is 0 Å². The van der Waals surface area contributed by atoms with Gasteiger partial charge in [0.15, 0.2) is 0 Å². The van der Waals surface area contributed by atoms with Crippen LogP contribution in [0.3, 0.4) is 0 Å². The second kappa shape index (κ2) is 5.23. The normalized spacial score (nSPS) is 10.8. The topological polar surface area (TPSA) is 38.9 Å². The smallest absolute Gasteiger partial charge is 0.124 e. The lowest BCUT2D eigenvalue weighted by molar-refractivity contribution is 0.865. The number of hydrogen-bond donors (Lipinski definition) is 1. The fourth-order valence-electron chi connectivity index (χ4n) is 1.55. The first-order chi connectivity index (χ1) is 8.15. The predicted octanol–water partition coefficient (Wildman–Crippen LogP) is 3.94. The summed E-state index contributed by atoms with van der Waals surface area (Å²) in [6.45, 7) is 4.40. The van der Waals surface area contributed by atoms with Crippen LogP contribution in [-0.4, -0.2) is 4.98 Å². The van der Waals surface area contributed by atoms with Gasteiger partial charge in [-0.1, -0.05) is 37.7 Å². The highest BCUT2D eigenvalue weighted by molar-refractivity contribution is 7.99. The third-order valence-corrected chi connectivity index (χ3v) is 3.53. The molecule has 1 aromatic carbocycles. The van der Waals surface area contributed by atoms with Crippen LogP contribution in [0.4, 0.5) is 5.82 Å². The molecule has 0 unspecified atom stereocenters. The first kappa shape index (κ1) is 12.0. The zero-order valence-electron chi connectivity index (χ0n) is 10.1. The lowest BCUT2D eigenvalue weighted by Crippen LogP contribution is -1.88. The fourth-order valence-corrected chi connectivity index (χ4v) is 2.40. The molecule has 0 aliphatic carbocycles. The summed E-state index contributed by atoms with van der Waals surface area (Å²) in [5.41, 5.74) is 7.02. The molecule has 1 aromatic heterocycles. The molecule has 17 heavy (non-hydrogen) atoms. The van der Waals surface area contributed by atoms with Gasteiger partial charge in [-0.15, -0.1) is 0 Å². The third-order valence-electron chi connectivity index (χ3n) is 2.54. The standard InChI is InChI=1S/C14H16N2S/c1-10(2)11-3-5-12(6-4-11)17-13-7-8-16-14(15)9-13/h3-10H,1-2H3,(H2,15,16). The molecule has 2 N–H and O–H groups in total. The molecule has 0 atom stereocenters. The molecule has 3 heteroatoms. The molecule has 2 nitrogen and oxygen atoms in total. The van der Waals surface area contributed by atoms with Crippen LogP contribution in [0.25, 0.3) is 0 Å². The Morgan fingerprint density at radius 1 is 1.06 bits per heavy atom. The summed E-state index contributed by atoms with van der Waals surface area (Å²) in [6.07, 6.45) is 1.74. The van der Waals surface area contributed by atoms with Crippen LogP contribution in [0.15, 0.2) is 52.4 Å². The molecular weight excluding hydrogens is 228 g/mol. The Balaban J connectivity index is 2.14. The number of nitrogen functional groups attached to an aromatic ring is 1. The molecule has 0 saturated carbocycles. The van der Waals surface area contributed by atoms with E-state index in [9.17, 15) is 0 Å². The van der Waals surface area contributed by atoms with E-state index >= 15 is 0 Å². The fraction of sp³-hybridized carbons (Fsp3) is 0.214. The second-order valence-electron chi connectivity index (χ2n) is 4.24. The number of pyridine rings is 1. The maximum Gasteiger partial charge on any atom is 0.124 e. The molecule has 0 aliphatic heterocycles. The predicted molar refractivity (Wildman–Crippen MR) is 73.3 cm³/mol. The quantitative estimate of drug-likeness (QED) is 0.888. The van der Waals surface area contributed by atoms with Crippen molar-refractivity contribution in [2.24, 2.45) is 0 Å². The summed E-state index contributed by atoms with van der Waals surface area (Å²) in [6, 6.07) is 12.5. The van der Waals surface area contributed by atoms with Gasteiger partial charge in [-0.3, -0.25) is 0 Å². The van der Waals surface area contributed by atoms with Crippen molar-refractivity contribution in [2.45, 2.75) is 29.6 Å². The van der Waals surface area contributed by atoms with Crippen molar-refractivity contribution in [1.29, 1.82) is 0 Å². The molecule has 2 rings (SSSR count). The van der Waals surface area contributed by atoms with Crippen molar-refractivity contribution in [3.05, 3.63) is 48.2 Å². The summed E-state index contributed by atoms with van der Waals surface area (Å²) in [5.74, 6) is 1.14. The van der Waals surface area contributed by atoms with Crippen molar-refractivity contribution >= 4 is 17.6 Å². The zero-order valence-corrected chi connectivity index (χ0v) is 10.9. The van der Waals surface area contributed by atoms with E-state index in [0.29, 0.717) is 11.7 Å². The van der Waals surface area contributed by atoms with E-state index in [1.807, 2.05) is 12.1 Å². The number of nitrogens with two attached hydrogens (primary N) is 1. The molecule has 1 heterocycles. The zero-order chi connectivity index (χ0) is 12.3. The van der Waals surface area contributed by atoms with Crippen LogP contribution in [-0.2, 0) is 0 Å². The molecule has 0 radical (unpaired) electrons. The van der Waals surface area contributed by atoms with Crippen molar-refractivity contribution in [2.75, 3.05) is 5.73 Å². The summed E-state index contributed by atoms with van der Waals surface area (Å²) in [4.78, 5) is 6.33. The van der Waals surface area contributed by atoms with Crippen molar-refractivity contribution in [1.82, 2.24) is 4.98 Å². The number of anilines is 1. The molecule has 0 spiro atoms. The Bertz CT molecular complexity index is 492. The Morgan fingerprint density at radius 2 is 1.76 bits per heavy atom. The average molecular weight is 244 g/mol. The van der Waals surface area contributed by atoms with Gasteiger partial charge in [-0.05, 0) is 35.7 Å². The van der Waals surface area contributed by atoms with Crippen LogP contribution in [0.2, 0.25) is 0 Å². The number of hydrogen-bond acceptors (Lipinski definition) is 3. The maximum absolute atomic E-state index is 5.65. The van der Waals surface area contributed by atoms with Gasteiger partial charge in [0.25, 0.3) is 0 Å². The van der Waals surface area contributed by atoms with E-state index < -0.39 is 0 Å². The molecule has 0 aliphatic rings. The van der Waals surface area contributed by atoms with Crippen LogP contribution < -0.4 is 5.73 Å². The Kier molecular flexibility index (Phi) is 3.69. The average Bonchev–Trinajstić information content (AvgIpc) is 2.29. The summed E-state index contributed by atoms with van der Waals surface area (Å²) in [7, 11) is 0. The van der Waals surface area contributed by atoms with Crippen LogP contribution >= 0.6 is 11.8 Å². The number of aromatic nitrogens is 1. The molecule has 0 bridgehead atoms. The molecule has 0 saturated heterocycles. The van der Waals surface area contributed by atoms with E-state index in [4.69, 9.17) is 5.73 Å². The highest BCUT2D eigenvalue weighted by atomic mass is 32.2. The summed E-state index contributed by atoms with van der Waals surface area (Å²) in [5, 5.41) is 0. The van der Waals surface area contributed by atoms with E-state index in [1.54, 1.807) is 18.0 Å². The molecule has 0 fully saturated rings. The van der Waals surface area contributed by atoms with Crippen LogP contribution in [0.1, 0.15) is 25.3 Å². The largest absolute Gasteiger partial charge is 0.384 e. The lowest BCUT2D eigenvalue weighted by Gasteiger charge is -2.06. The lowest BCUT2D eigenvalue weighted by atomic mass is 10.0. The van der Waals surface area contributed by atoms with Gasteiger partial charge < -0.3 is 5.73 Å². The van der Waals surface area contributed by atoms with Gasteiger partial charge >= 0.3 is 0 Å². The summed E-state index contributed by atoms with van der Waals surface area (Å²) < 4.78 is 0. The highest BCUT2D eigenvalue weighted by Crippen LogP contribution is 2.29. The Hall–Kier alpha value is -1.48. The summed E-state index contributed by atoms with van der Waals surface area (Å²) >= 11 is 1.70. The van der Waals surface area contributed by atoms with Crippen molar-refractivity contribution < 1.29 is 0 Å². The van der Waals surface area contributed by atoms with Crippen molar-refractivity contribution in [3.8, 4) is 0 Å². The van der Waals surface area contributed by atoms with E-state index in [1.165, 1.54) is 10.5 Å². The van der Waals surface area contributed by atoms with Gasteiger partial charge in [0, 0.05) is 16.0 Å². The SMILES string of the molecule is CC(C)c1ccc(Sc2ccnc(N)c2)cc1. The molecule has 2 aromatic rings. The monoisotopic (exact) mass is 244 g/mol. The Labute approximate surface area is 106 Å². The maximum atomic E-state index is 5.65. The minimum atomic E-state index is 0.564. The molecule has 0 amide bonds. The first-order valence-corrected chi connectivity index (χ1v) is 6.46. The minimum absolute atomic E-state index is 0.564. The molecule has 88 valence electrons. The Morgan fingerprint density at radius 3 is 2.35 bits per heavy atom. The van der Waals surface area contributed by atoms with Crippen LogP contribution in [0, 0.1) is 0 Å². The van der Waals surface area contributed by atoms with E-state index in [-0.39, 0.29) is 0 Å². The number of benzene rings is 1. The minimum Gasteiger partial charge on any atom is -0.384 e. The number of nitrogens with zero attached hydrogens (tertiary/aromatic N) is 1. The van der Waals surface area contributed by atoms with Gasteiger partial charge in [0.05, 0.1) is 0 Å². The van der Waals surface area contributed by atoms with Crippen molar-refractivity contribution in [3.63, 3.8) is 0 Å². The second-order valence-corrected chi connectivity index (χ2v) is 5.39. The molecular formula is C14H16N2S. The van der Waals surface area contributed by atoms with Gasteiger partial charge in [-0.25, -0.2) is 4.98 Å². The van der Waals surface area contributed by atoms with Gasteiger partial charge in [0.2, 0.25) is 0 Å². The van der Waals surface area contributed by atoms with Gasteiger partial charge in [0.1, 0.15) is 5.82 Å². The number of rotatable bonds is 3. The highest BCUT2D eigenvalue weighted by Gasteiger charge is 2.01. The van der Waals surface area contributed by atoms with E-state index in [2.05, 4.69) is 43.1 Å². The van der Waals surface area contributed by atoms with E-state index in [0.717, 1.165) is 4.90 Å². The third kappa shape index (κ3) is 3.24.